The van der Waals surface area contributed by atoms with Gasteiger partial charge < -0.3 is 9.84 Å². The quantitative estimate of drug-likeness (QED) is 0.337. The summed E-state index contributed by atoms with van der Waals surface area (Å²) in [6.45, 7) is 5.88. The van der Waals surface area contributed by atoms with Gasteiger partial charge in [-0.25, -0.2) is 0 Å². The minimum absolute atomic E-state index is 0.0217. The molecular formula is C16H15BrN2O4S. The van der Waals surface area contributed by atoms with E-state index in [1.54, 1.807) is 19.1 Å². The normalized spacial score (nSPS) is 16.3. The van der Waals surface area contributed by atoms with Gasteiger partial charge in [0.2, 0.25) is 0 Å². The summed E-state index contributed by atoms with van der Waals surface area (Å²) in [6.07, 6.45) is 2.81. The van der Waals surface area contributed by atoms with Crippen LogP contribution in [0.1, 0.15) is 12.5 Å². The molecule has 0 bridgehead atoms. The largest absolute Gasteiger partial charge is 0.504 e. The van der Waals surface area contributed by atoms with E-state index in [1.807, 2.05) is 0 Å². The van der Waals surface area contributed by atoms with Crippen molar-refractivity contribution in [1.29, 1.82) is 0 Å². The second-order valence-electron chi connectivity index (χ2n) is 4.76. The number of benzene rings is 1. The summed E-state index contributed by atoms with van der Waals surface area (Å²) in [5.74, 6) is -1.09. The Morgan fingerprint density at radius 3 is 2.79 bits per heavy atom. The SMILES string of the molecule is C=CCN1C(=O)C(=Cc2c(Br)ccc(OCC)c2O)C(=O)NC1=S. The van der Waals surface area contributed by atoms with Crippen LogP contribution in [0, 0.1) is 0 Å². The number of aromatic hydroxyl groups is 1. The van der Waals surface area contributed by atoms with Crippen molar-refractivity contribution in [3.8, 4) is 11.5 Å². The number of halogens is 1. The molecule has 1 saturated heterocycles. The molecule has 1 aromatic carbocycles. The lowest BCUT2D eigenvalue weighted by Crippen LogP contribution is -2.53. The summed E-state index contributed by atoms with van der Waals surface area (Å²) in [6, 6.07) is 3.25. The molecule has 1 fully saturated rings. The highest BCUT2D eigenvalue weighted by atomic mass is 79.9. The van der Waals surface area contributed by atoms with Gasteiger partial charge in [-0.15, -0.1) is 6.58 Å². The van der Waals surface area contributed by atoms with E-state index in [-0.39, 0.29) is 34.3 Å². The highest BCUT2D eigenvalue weighted by Crippen LogP contribution is 2.37. The van der Waals surface area contributed by atoms with Gasteiger partial charge in [0.1, 0.15) is 5.57 Å². The third-order valence-electron chi connectivity index (χ3n) is 3.21. The van der Waals surface area contributed by atoms with E-state index in [0.717, 1.165) is 0 Å². The summed E-state index contributed by atoms with van der Waals surface area (Å²) in [4.78, 5) is 25.9. The molecule has 0 aromatic heterocycles. The zero-order chi connectivity index (χ0) is 17.9. The van der Waals surface area contributed by atoms with Crippen LogP contribution in [0.5, 0.6) is 11.5 Å². The number of carbonyl (C=O) groups excluding carboxylic acids is 2. The highest BCUT2D eigenvalue weighted by molar-refractivity contribution is 9.10. The average molecular weight is 411 g/mol. The Kier molecular flexibility index (Phi) is 5.74. The van der Waals surface area contributed by atoms with Gasteiger partial charge in [0.05, 0.1) is 6.61 Å². The molecule has 0 atom stereocenters. The molecule has 1 aliphatic rings. The van der Waals surface area contributed by atoms with E-state index >= 15 is 0 Å². The Hall–Kier alpha value is -2.19. The van der Waals surface area contributed by atoms with Gasteiger partial charge >= 0.3 is 0 Å². The third-order valence-corrected chi connectivity index (χ3v) is 4.23. The number of nitrogens with zero attached hydrogens (tertiary/aromatic N) is 1. The van der Waals surface area contributed by atoms with Crippen LogP contribution in [0.3, 0.4) is 0 Å². The number of thiocarbonyl (C=S) groups is 1. The van der Waals surface area contributed by atoms with E-state index < -0.39 is 11.8 Å². The summed E-state index contributed by atoms with van der Waals surface area (Å²) >= 11 is 8.29. The predicted molar refractivity (Wildman–Crippen MR) is 97.6 cm³/mol. The number of hydrogen-bond donors (Lipinski definition) is 2. The lowest BCUT2D eigenvalue weighted by molar-refractivity contribution is -0.128. The van der Waals surface area contributed by atoms with Crippen molar-refractivity contribution in [2.75, 3.05) is 13.2 Å². The molecule has 2 N–H and O–H groups in total. The summed E-state index contributed by atoms with van der Waals surface area (Å²) < 4.78 is 5.84. The van der Waals surface area contributed by atoms with Gasteiger partial charge in [0.15, 0.2) is 16.6 Å². The molecule has 24 heavy (non-hydrogen) atoms. The van der Waals surface area contributed by atoms with E-state index in [9.17, 15) is 14.7 Å². The maximum Gasteiger partial charge on any atom is 0.265 e. The van der Waals surface area contributed by atoms with Crippen molar-refractivity contribution >= 4 is 51.2 Å². The molecule has 0 aliphatic carbocycles. The molecule has 6 nitrogen and oxygen atoms in total. The average Bonchev–Trinajstić information content (AvgIpc) is 2.53. The summed E-state index contributed by atoms with van der Waals surface area (Å²) in [5, 5.41) is 12.8. The van der Waals surface area contributed by atoms with E-state index in [0.29, 0.717) is 11.1 Å². The van der Waals surface area contributed by atoms with Crippen LogP contribution in [-0.2, 0) is 9.59 Å². The minimum atomic E-state index is -0.626. The molecule has 1 aromatic rings. The highest BCUT2D eigenvalue weighted by Gasteiger charge is 2.33. The van der Waals surface area contributed by atoms with Crippen LogP contribution in [-0.4, -0.2) is 40.1 Å². The first-order chi connectivity index (χ1) is 11.4. The first kappa shape index (κ1) is 18.2. The maximum atomic E-state index is 12.5. The van der Waals surface area contributed by atoms with Crippen molar-refractivity contribution in [3.05, 3.63) is 40.4 Å². The van der Waals surface area contributed by atoms with Crippen LogP contribution >= 0.6 is 28.1 Å². The van der Waals surface area contributed by atoms with Gasteiger partial charge in [0.25, 0.3) is 11.8 Å². The molecule has 0 saturated carbocycles. The smallest absolute Gasteiger partial charge is 0.265 e. The van der Waals surface area contributed by atoms with Crippen LogP contribution < -0.4 is 10.1 Å². The number of nitrogens with one attached hydrogen (secondary N) is 1. The number of phenols is 1. The zero-order valence-corrected chi connectivity index (χ0v) is 15.2. The first-order valence-electron chi connectivity index (χ1n) is 7.04. The predicted octanol–water partition coefficient (Wildman–Crippen LogP) is 2.37. The third kappa shape index (κ3) is 3.49. The van der Waals surface area contributed by atoms with Crippen molar-refractivity contribution in [2.45, 2.75) is 6.92 Å². The van der Waals surface area contributed by atoms with Crippen molar-refractivity contribution in [2.24, 2.45) is 0 Å². The molecular weight excluding hydrogens is 396 g/mol. The van der Waals surface area contributed by atoms with Crippen LogP contribution in [0.15, 0.2) is 34.8 Å². The van der Waals surface area contributed by atoms with Crippen molar-refractivity contribution < 1.29 is 19.4 Å². The number of carbonyl (C=O) groups is 2. The van der Waals surface area contributed by atoms with Crippen molar-refractivity contribution in [3.63, 3.8) is 0 Å². The second kappa shape index (κ2) is 7.59. The topological polar surface area (TPSA) is 78.9 Å². The number of hydrogen-bond acceptors (Lipinski definition) is 5. The summed E-state index contributed by atoms with van der Waals surface area (Å²) in [5.41, 5.74) is 0.126. The minimum Gasteiger partial charge on any atom is -0.504 e. The molecule has 1 heterocycles. The van der Waals surface area contributed by atoms with Crippen molar-refractivity contribution in [1.82, 2.24) is 10.2 Å². The Labute approximate surface area is 152 Å². The molecule has 1 aliphatic heterocycles. The molecule has 2 amide bonds. The Morgan fingerprint density at radius 2 is 2.17 bits per heavy atom. The Balaban J connectivity index is 2.51. The fourth-order valence-corrected chi connectivity index (χ4v) is 2.79. The number of rotatable bonds is 5. The second-order valence-corrected chi connectivity index (χ2v) is 6.00. The van der Waals surface area contributed by atoms with Gasteiger partial charge in [-0.2, -0.15) is 0 Å². The molecule has 8 heteroatoms. The number of amides is 2. The fourth-order valence-electron chi connectivity index (χ4n) is 2.11. The number of phenolic OH excluding ortho intramolecular Hbond substituents is 1. The van der Waals surface area contributed by atoms with Gasteiger partial charge in [0, 0.05) is 16.6 Å². The Morgan fingerprint density at radius 1 is 1.46 bits per heavy atom. The van der Waals surface area contributed by atoms with Gasteiger partial charge in [-0.05, 0) is 37.4 Å². The molecule has 2 rings (SSSR count). The van der Waals surface area contributed by atoms with Gasteiger partial charge in [-0.1, -0.05) is 22.0 Å². The monoisotopic (exact) mass is 410 g/mol. The molecule has 0 radical (unpaired) electrons. The molecule has 0 spiro atoms. The lowest BCUT2D eigenvalue weighted by Gasteiger charge is -2.27. The standard InChI is InChI=1S/C16H15BrN2O4S/c1-3-7-19-15(22)10(14(21)18-16(19)24)8-9-11(17)5-6-12(13(9)20)23-4-2/h3,5-6,8,20H,1,4,7H2,2H3,(H,18,21,24). The van der Waals surface area contributed by atoms with Gasteiger partial charge in [-0.3, -0.25) is 19.8 Å². The lowest BCUT2D eigenvalue weighted by atomic mass is 10.1. The Bertz CT molecular complexity index is 761. The van der Waals surface area contributed by atoms with Crippen LogP contribution in [0.25, 0.3) is 6.08 Å². The first-order valence-corrected chi connectivity index (χ1v) is 8.24. The maximum absolute atomic E-state index is 12.5. The van der Waals surface area contributed by atoms with E-state index in [4.69, 9.17) is 17.0 Å². The molecule has 0 unspecified atom stereocenters. The number of ether oxygens (including phenoxy) is 1. The summed E-state index contributed by atoms with van der Waals surface area (Å²) in [7, 11) is 0. The van der Waals surface area contributed by atoms with E-state index in [2.05, 4.69) is 27.8 Å². The molecule has 126 valence electrons. The zero-order valence-electron chi connectivity index (χ0n) is 12.8. The van der Waals surface area contributed by atoms with Crippen LogP contribution in [0.4, 0.5) is 0 Å². The fraction of sp³-hybridized carbons (Fsp3) is 0.188. The van der Waals surface area contributed by atoms with E-state index in [1.165, 1.54) is 17.1 Å². The van der Waals surface area contributed by atoms with Crippen LogP contribution in [0.2, 0.25) is 0 Å².